The lowest BCUT2D eigenvalue weighted by atomic mass is 10.1. The zero-order valence-electron chi connectivity index (χ0n) is 7.79. The van der Waals surface area contributed by atoms with Gasteiger partial charge in [-0.2, -0.15) is 0 Å². The molecule has 2 rings (SSSR count). The van der Waals surface area contributed by atoms with E-state index in [0.29, 0.717) is 12.0 Å². The minimum Gasteiger partial charge on any atom is -0.258 e. The Morgan fingerprint density at radius 2 is 1.87 bits per heavy atom. The highest BCUT2D eigenvalue weighted by molar-refractivity contribution is 7.93. The first-order valence-electron chi connectivity index (χ1n) is 4.46. The monoisotopic (exact) mass is 227 g/mol. The summed E-state index contributed by atoms with van der Waals surface area (Å²) >= 11 is 0. The Hall–Kier alpha value is -1.43. The molecule has 0 radical (unpaired) electrons. The molecule has 0 aromatic heterocycles. The SMILES string of the molecule is O=[N+]([O-])c1ccc(C2CCS2(=O)=O)cc1. The van der Waals surface area contributed by atoms with Crippen LogP contribution in [0.4, 0.5) is 5.69 Å². The maximum absolute atomic E-state index is 11.3. The van der Waals surface area contributed by atoms with E-state index in [2.05, 4.69) is 0 Å². The molecule has 1 aromatic rings. The van der Waals surface area contributed by atoms with E-state index in [9.17, 15) is 18.5 Å². The Bertz CT molecular complexity index is 491. The van der Waals surface area contributed by atoms with Crippen LogP contribution in [0.3, 0.4) is 0 Å². The van der Waals surface area contributed by atoms with Crippen LogP contribution in [0.15, 0.2) is 24.3 Å². The number of hydrogen-bond acceptors (Lipinski definition) is 4. The topological polar surface area (TPSA) is 77.3 Å². The number of sulfone groups is 1. The average molecular weight is 227 g/mol. The molecule has 0 aliphatic carbocycles. The van der Waals surface area contributed by atoms with Gasteiger partial charge in [0, 0.05) is 12.1 Å². The van der Waals surface area contributed by atoms with Gasteiger partial charge in [-0.05, 0) is 12.0 Å². The maximum Gasteiger partial charge on any atom is 0.269 e. The van der Waals surface area contributed by atoms with Crippen molar-refractivity contribution in [1.29, 1.82) is 0 Å². The largest absolute Gasteiger partial charge is 0.269 e. The summed E-state index contributed by atoms with van der Waals surface area (Å²) in [6.45, 7) is 0. The van der Waals surface area contributed by atoms with Crippen molar-refractivity contribution >= 4 is 15.5 Å². The van der Waals surface area contributed by atoms with Crippen molar-refractivity contribution in [2.45, 2.75) is 11.7 Å². The van der Waals surface area contributed by atoms with Crippen LogP contribution in [0.25, 0.3) is 0 Å². The summed E-state index contributed by atoms with van der Waals surface area (Å²) in [6, 6.07) is 5.70. The Kier molecular flexibility index (Phi) is 2.22. The van der Waals surface area contributed by atoms with E-state index >= 15 is 0 Å². The molecule has 1 aliphatic heterocycles. The van der Waals surface area contributed by atoms with E-state index < -0.39 is 20.0 Å². The molecule has 0 bridgehead atoms. The molecule has 0 N–H and O–H groups in total. The number of non-ortho nitro benzene ring substituents is 1. The molecule has 1 aliphatic rings. The van der Waals surface area contributed by atoms with Crippen molar-refractivity contribution in [2.24, 2.45) is 0 Å². The van der Waals surface area contributed by atoms with E-state index in [1.807, 2.05) is 0 Å². The molecule has 5 nitrogen and oxygen atoms in total. The van der Waals surface area contributed by atoms with Crippen molar-refractivity contribution in [3.63, 3.8) is 0 Å². The molecule has 1 aromatic carbocycles. The van der Waals surface area contributed by atoms with Crippen LogP contribution in [0.5, 0.6) is 0 Å². The van der Waals surface area contributed by atoms with E-state index in [1.54, 1.807) is 0 Å². The third-order valence-electron chi connectivity index (χ3n) is 2.57. The normalized spacial score (nSPS) is 23.1. The third kappa shape index (κ3) is 1.72. The van der Waals surface area contributed by atoms with Gasteiger partial charge in [-0.3, -0.25) is 10.1 Å². The van der Waals surface area contributed by atoms with Gasteiger partial charge in [0.1, 0.15) is 0 Å². The predicted molar refractivity (Wildman–Crippen MR) is 54.2 cm³/mol. The number of benzene rings is 1. The first-order valence-corrected chi connectivity index (χ1v) is 6.18. The Labute approximate surface area is 86.8 Å². The molecular weight excluding hydrogens is 218 g/mol. The van der Waals surface area contributed by atoms with Crippen LogP contribution in [-0.2, 0) is 9.84 Å². The van der Waals surface area contributed by atoms with Gasteiger partial charge in [0.05, 0.1) is 15.9 Å². The fraction of sp³-hybridized carbons (Fsp3) is 0.333. The maximum atomic E-state index is 11.3. The molecule has 1 saturated heterocycles. The molecular formula is C9H9NO4S. The second-order valence-corrected chi connectivity index (χ2v) is 5.80. The summed E-state index contributed by atoms with van der Waals surface area (Å²) in [4.78, 5) is 9.88. The van der Waals surface area contributed by atoms with Crippen LogP contribution < -0.4 is 0 Å². The minimum absolute atomic E-state index is 0.0181. The van der Waals surface area contributed by atoms with Crippen molar-refractivity contribution in [3.05, 3.63) is 39.9 Å². The summed E-state index contributed by atoms with van der Waals surface area (Å²) in [5.41, 5.74) is 0.627. The molecule has 15 heavy (non-hydrogen) atoms. The molecule has 0 amide bonds. The minimum atomic E-state index is -2.98. The van der Waals surface area contributed by atoms with Gasteiger partial charge >= 0.3 is 0 Å². The van der Waals surface area contributed by atoms with Gasteiger partial charge in [-0.25, -0.2) is 8.42 Å². The van der Waals surface area contributed by atoms with Gasteiger partial charge in [0.15, 0.2) is 9.84 Å². The summed E-state index contributed by atoms with van der Waals surface area (Å²) in [5.74, 6) is 0.217. The summed E-state index contributed by atoms with van der Waals surface area (Å²) in [6.07, 6.45) is 0.611. The summed E-state index contributed by atoms with van der Waals surface area (Å²) < 4.78 is 22.6. The number of nitrogens with zero attached hydrogens (tertiary/aromatic N) is 1. The van der Waals surface area contributed by atoms with E-state index in [4.69, 9.17) is 0 Å². The van der Waals surface area contributed by atoms with Crippen molar-refractivity contribution in [2.75, 3.05) is 5.75 Å². The Morgan fingerprint density at radius 3 is 2.20 bits per heavy atom. The molecule has 1 unspecified atom stereocenters. The van der Waals surface area contributed by atoms with Crippen LogP contribution in [0.2, 0.25) is 0 Å². The zero-order valence-corrected chi connectivity index (χ0v) is 8.61. The summed E-state index contributed by atoms with van der Waals surface area (Å²) in [5, 5.41) is 9.92. The molecule has 80 valence electrons. The second-order valence-electron chi connectivity index (χ2n) is 3.49. The number of hydrogen-bond donors (Lipinski definition) is 0. The van der Waals surface area contributed by atoms with E-state index in [0.717, 1.165) is 0 Å². The fourth-order valence-electron chi connectivity index (χ4n) is 1.61. The molecule has 1 atom stereocenters. The van der Waals surface area contributed by atoms with Gasteiger partial charge in [-0.15, -0.1) is 0 Å². The number of nitro benzene ring substituents is 1. The third-order valence-corrected chi connectivity index (χ3v) is 4.75. The lowest BCUT2D eigenvalue weighted by Crippen LogP contribution is -2.28. The predicted octanol–water partition coefficient (Wildman–Crippen LogP) is 1.45. The van der Waals surface area contributed by atoms with Crippen LogP contribution >= 0.6 is 0 Å². The first kappa shape index (κ1) is 10.1. The number of nitro groups is 1. The average Bonchev–Trinajstić information content (AvgIpc) is 2.17. The highest BCUT2D eigenvalue weighted by Gasteiger charge is 2.36. The van der Waals surface area contributed by atoms with Crippen LogP contribution in [-0.4, -0.2) is 19.1 Å². The first-order chi connectivity index (χ1) is 7.00. The highest BCUT2D eigenvalue weighted by atomic mass is 32.2. The number of rotatable bonds is 2. The fourth-order valence-corrected chi connectivity index (χ4v) is 3.04. The van der Waals surface area contributed by atoms with Gasteiger partial charge in [0.25, 0.3) is 5.69 Å². The lowest BCUT2D eigenvalue weighted by molar-refractivity contribution is -0.384. The Balaban J connectivity index is 2.29. The second kappa shape index (κ2) is 3.30. The van der Waals surface area contributed by atoms with Crippen molar-refractivity contribution in [1.82, 2.24) is 0 Å². The van der Waals surface area contributed by atoms with Gasteiger partial charge in [-0.1, -0.05) is 12.1 Å². The summed E-state index contributed by atoms with van der Waals surface area (Å²) in [7, 11) is -2.98. The van der Waals surface area contributed by atoms with E-state index in [1.165, 1.54) is 24.3 Å². The molecule has 6 heteroatoms. The van der Waals surface area contributed by atoms with Gasteiger partial charge < -0.3 is 0 Å². The van der Waals surface area contributed by atoms with Crippen LogP contribution in [0, 0.1) is 10.1 Å². The van der Waals surface area contributed by atoms with Crippen molar-refractivity contribution in [3.8, 4) is 0 Å². The highest BCUT2D eigenvalue weighted by Crippen LogP contribution is 2.36. The quantitative estimate of drug-likeness (QED) is 0.566. The van der Waals surface area contributed by atoms with Gasteiger partial charge in [0.2, 0.25) is 0 Å². The van der Waals surface area contributed by atoms with E-state index in [-0.39, 0.29) is 11.4 Å². The molecule has 0 saturated carbocycles. The Morgan fingerprint density at radius 1 is 1.27 bits per heavy atom. The standard InChI is InChI=1S/C9H9NO4S/c11-10(12)8-3-1-7(2-4-8)9-5-6-15(9,13)14/h1-4,9H,5-6H2. The molecule has 1 heterocycles. The molecule has 1 fully saturated rings. The van der Waals surface area contributed by atoms with Crippen LogP contribution in [0.1, 0.15) is 17.2 Å². The smallest absolute Gasteiger partial charge is 0.258 e. The lowest BCUT2D eigenvalue weighted by Gasteiger charge is -2.25. The molecule has 0 spiro atoms. The zero-order chi connectivity index (χ0) is 11.1. The van der Waals surface area contributed by atoms with Crippen molar-refractivity contribution < 1.29 is 13.3 Å².